The van der Waals surface area contributed by atoms with E-state index in [1.54, 1.807) is 38.1 Å². The Kier molecular flexibility index (Phi) is 15.7. The van der Waals surface area contributed by atoms with E-state index in [1.165, 1.54) is 0 Å². The molecule has 0 spiro atoms. The Bertz CT molecular complexity index is 1020. The molecule has 0 radical (unpaired) electrons. The van der Waals surface area contributed by atoms with Crippen LogP contribution in [0, 0.1) is 5.92 Å². The number of hydrogen-bond acceptors (Lipinski definition) is 8. The summed E-state index contributed by atoms with van der Waals surface area (Å²) >= 11 is 0. The molecule has 0 amide bonds. The van der Waals surface area contributed by atoms with Crippen molar-refractivity contribution in [3.8, 4) is 0 Å². The van der Waals surface area contributed by atoms with Crippen LogP contribution in [0.3, 0.4) is 0 Å². The summed E-state index contributed by atoms with van der Waals surface area (Å²) in [5.74, 6) is -0.849. The highest BCUT2D eigenvalue weighted by Crippen LogP contribution is 2.45. The van der Waals surface area contributed by atoms with Gasteiger partial charge in [-0.05, 0) is 89.3 Å². The maximum atomic E-state index is 14.3. The van der Waals surface area contributed by atoms with Gasteiger partial charge in [0.05, 0.1) is 6.61 Å². The maximum Gasteiger partial charge on any atom is 0.347 e. The van der Waals surface area contributed by atoms with Gasteiger partial charge in [-0.2, -0.15) is 0 Å². The Balaban J connectivity index is 2.82. The number of carbonyl (C=O) groups excluding carboxylic acids is 1. The topological polar surface area (TPSA) is 91.7 Å². The quantitative estimate of drug-likeness (QED) is 0.122. The van der Waals surface area contributed by atoms with Crippen LogP contribution in [0.5, 0.6) is 0 Å². The molecular weight excluding hydrogens is 556 g/mol. The molecule has 0 heterocycles. The highest BCUT2D eigenvalue weighted by atomic mass is 16.7. The highest BCUT2D eigenvalue weighted by molar-refractivity contribution is 5.83. The standard InChI is InChI=1S/C36H58N2O6/c1-9-17-18-28(10-2)27-44-33(39)36(41,34(42-15-7)43-16-8)35(40,29-19-23-31(24-20-29)37(11-3)12-4)30-21-25-32(26-22-30)38(13-5)14-6/h19-26,28,34,40-41H,9-18,27H2,1-8H3/t28?,36-/m0/s1. The fourth-order valence-electron chi connectivity index (χ4n) is 5.82. The van der Waals surface area contributed by atoms with E-state index < -0.39 is 23.5 Å². The number of aliphatic hydroxyl groups is 2. The minimum Gasteiger partial charge on any atom is -0.463 e. The van der Waals surface area contributed by atoms with Gasteiger partial charge >= 0.3 is 5.97 Å². The summed E-state index contributed by atoms with van der Waals surface area (Å²) in [4.78, 5) is 18.6. The molecule has 0 aliphatic heterocycles. The van der Waals surface area contributed by atoms with Crippen molar-refractivity contribution in [2.75, 3.05) is 55.8 Å². The third-order valence-electron chi connectivity index (χ3n) is 8.66. The third kappa shape index (κ3) is 8.33. The summed E-state index contributed by atoms with van der Waals surface area (Å²) in [5, 5.41) is 25.7. The first-order valence-corrected chi connectivity index (χ1v) is 16.7. The minimum absolute atomic E-state index is 0.125. The van der Waals surface area contributed by atoms with E-state index in [1.807, 2.05) is 24.3 Å². The molecule has 2 atom stereocenters. The molecule has 0 saturated carbocycles. The number of carbonyl (C=O) groups is 1. The summed E-state index contributed by atoms with van der Waals surface area (Å²) in [6.07, 6.45) is 2.29. The average Bonchev–Trinajstić information content (AvgIpc) is 3.05. The third-order valence-corrected chi connectivity index (χ3v) is 8.66. The van der Waals surface area contributed by atoms with Gasteiger partial charge in [0.25, 0.3) is 5.60 Å². The first kappa shape index (κ1) is 37.5. The first-order chi connectivity index (χ1) is 21.2. The zero-order valence-corrected chi connectivity index (χ0v) is 28.5. The Morgan fingerprint density at radius 3 is 1.50 bits per heavy atom. The Hall–Kier alpha value is -2.65. The van der Waals surface area contributed by atoms with Crippen LogP contribution in [0.15, 0.2) is 48.5 Å². The summed E-state index contributed by atoms with van der Waals surface area (Å²) in [5.41, 5.74) is -2.34. The molecule has 2 aromatic carbocycles. The van der Waals surface area contributed by atoms with Gasteiger partial charge in [0.1, 0.15) is 0 Å². The summed E-state index contributed by atoms with van der Waals surface area (Å²) in [6, 6.07) is 14.6. The molecule has 0 saturated heterocycles. The largest absolute Gasteiger partial charge is 0.463 e. The van der Waals surface area contributed by atoms with Gasteiger partial charge in [0.2, 0.25) is 6.29 Å². The predicted octanol–water partition coefficient (Wildman–Crippen LogP) is 6.50. The number of ether oxygens (including phenoxy) is 3. The smallest absolute Gasteiger partial charge is 0.347 e. The van der Waals surface area contributed by atoms with E-state index in [2.05, 4.69) is 51.3 Å². The summed E-state index contributed by atoms with van der Waals surface area (Å²) in [6.45, 7) is 19.7. The van der Waals surface area contributed by atoms with Crippen LogP contribution in [-0.4, -0.2) is 74.1 Å². The van der Waals surface area contributed by atoms with Crippen molar-refractivity contribution >= 4 is 17.3 Å². The second-order valence-corrected chi connectivity index (χ2v) is 11.2. The molecule has 0 aliphatic rings. The lowest BCUT2D eigenvalue weighted by atomic mass is 9.72. The minimum atomic E-state index is -2.64. The highest BCUT2D eigenvalue weighted by Gasteiger charge is 2.64. The average molecular weight is 615 g/mol. The van der Waals surface area contributed by atoms with E-state index >= 15 is 0 Å². The number of hydrogen-bond donors (Lipinski definition) is 2. The van der Waals surface area contributed by atoms with Crippen molar-refractivity contribution in [3.05, 3.63) is 59.7 Å². The van der Waals surface area contributed by atoms with Crippen molar-refractivity contribution in [2.24, 2.45) is 5.92 Å². The SMILES string of the molecule is CCCCC(CC)COC(=O)[C@](O)(C(OCC)OCC)C(O)(c1ccc(N(CC)CC)cc1)c1ccc(N(CC)CC)cc1. The lowest BCUT2D eigenvalue weighted by Gasteiger charge is -2.45. The van der Waals surface area contributed by atoms with Crippen LogP contribution in [-0.2, 0) is 24.6 Å². The predicted molar refractivity (Wildman–Crippen MR) is 179 cm³/mol. The maximum absolute atomic E-state index is 14.3. The van der Waals surface area contributed by atoms with E-state index in [0.717, 1.165) is 63.2 Å². The summed E-state index contributed by atoms with van der Waals surface area (Å²) in [7, 11) is 0. The summed E-state index contributed by atoms with van der Waals surface area (Å²) < 4.78 is 17.7. The normalized spacial score (nSPS) is 13.9. The van der Waals surface area contributed by atoms with Crippen LogP contribution in [0.1, 0.15) is 92.2 Å². The van der Waals surface area contributed by atoms with Gasteiger partial charge in [-0.1, -0.05) is 57.4 Å². The molecular formula is C36H58N2O6. The monoisotopic (exact) mass is 614 g/mol. The van der Waals surface area contributed by atoms with Crippen LogP contribution >= 0.6 is 0 Å². The van der Waals surface area contributed by atoms with E-state index in [4.69, 9.17) is 14.2 Å². The molecule has 1 unspecified atom stereocenters. The van der Waals surface area contributed by atoms with Crippen LogP contribution in [0.2, 0.25) is 0 Å². The second kappa shape index (κ2) is 18.4. The molecule has 0 aliphatic carbocycles. The fraction of sp³-hybridized carbons (Fsp3) is 0.639. The zero-order chi connectivity index (χ0) is 32.8. The lowest BCUT2D eigenvalue weighted by Crippen LogP contribution is -2.66. The van der Waals surface area contributed by atoms with E-state index in [9.17, 15) is 15.0 Å². The number of rotatable bonds is 21. The second-order valence-electron chi connectivity index (χ2n) is 11.2. The van der Waals surface area contributed by atoms with Gasteiger partial charge in [0, 0.05) is 50.8 Å². The van der Waals surface area contributed by atoms with Gasteiger partial charge < -0.3 is 34.2 Å². The molecule has 2 rings (SSSR count). The van der Waals surface area contributed by atoms with E-state index in [0.29, 0.717) is 11.1 Å². The lowest BCUT2D eigenvalue weighted by molar-refractivity contribution is -0.284. The number of unbranched alkanes of at least 4 members (excludes halogenated alkanes) is 1. The molecule has 44 heavy (non-hydrogen) atoms. The van der Waals surface area contributed by atoms with Gasteiger partial charge in [-0.3, -0.25) is 0 Å². The van der Waals surface area contributed by atoms with Crippen molar-refractivity contribution in [1.29, 1.82) is 0 Å². The van der Waals surface area contributed by atoms with Crippen LogP contribution < -0.4 is 9.80 Å². The molecule has 0 bridgehead atoms. The number of nitrogens with zero attached hydrogens (tertiary/aromatic N) is 2. The van der Waals surface area contributed by atoms with Crippen LogP contribution in [0.25, 0.3) is 0 Å². The molecule has 0 aromatic heterocycles. The van der Waals surface area contributed by atoms with Crippen LogP contribution in [0.4, 0.5) is 11.4 Å². The van der Waals surface area contributed by atoms with Crippen molar-refractivity contribution < 1.29 is 29.2 Å². The number of benzene rings is 2. The van der Waals surface area contributed by atoms with Crippen molar-refractivity contribution in [1.82, 2.24) is 0 Å². The Labute approximate surface area is 266 Å². The number of anilines is 2. The Morgan fingerprint density at radius 2 is 1.16 bits per heavy atom. The first-order valence-electron chi connectivity index (χ1n) is 16.7. The molecule has 2 N–H and O–H groups in total. The molecule has 248 valence electrons. The van der Waals surface area contributed by atoms with Gasteiger partial charge in [-0.15, -0.1) is 0 Å². The Morgan fingerprint density at radius 1 is 0.727 bits per heavy atom. The van der Waals surface area contributed by atoms with E-state index in [-0.39, 0.29) is 25.7 Å². The van der Waals surface area contributed by atoms with Crippen molar-refractivity contribution in [3.63, 3.8) is 0 Å². The molecule has 2 aromatic rings. The zero-order valence-electron chi connectivity index (χ0n) is 28.5. The molecule has 0 fully saturated rings. The molecule has 8 nitrogen and oxygen atoms in total. The van der Waals surface area contributed by atoms with Crippen molar-refractivity contribution in [2.45, 2.75) is 98.6 Å². The number of esters is 1. The van der Waals surface area contributed by atoms with Gasteiger partial charge in [0.15, 0.2) is 5.60 Å². The molecule has 8 heteroatoms. The fourth-order valence-corrected chi connectivity index (χ4v) is 5.82. The van der Waals surface area contributed by atoms with Gasteiger partial charge in [-0.25, -0.2) is 4.79 Å².